The van der Waals surface area contributed by atoms with Crippen molar-refractivity contribution in [2.45, 2.75) is 13.3 Å². The zero-order valence-corrected chi connectivity index (χ0v) is 16.7. The minimum atomic E-state index is -0.182. The van der Waals surface area contributed by atoms with Crippen molar-refractivity contribution in [3.8, 4) is 11.3 Å². The van der Waals surface area contributed by atoms with Gasteiger partial charge < -0.3 is 9.73 Å². The number of amides is 1. The lowest BCUT2D eigenvalue weighted by Gasteiger charge is -2.02. The van der Waals surface area contributed by atoms with Crippen LogP contribution >= 0.6 is 23.4 Å². The molecule has 140 valence electrons. The molecule has 6 heteroatoms. The Labute approximate surface area is 172 Å². The van der Waals surface area contributed by atoms with E-state index in [-0.39, 0.29) is 5.91 Å². The molecule has 1 amide bonds. The summed E-state index contributed by atoms with van der Waals surface area (Å²) in [7, 11) is 0. The fraction of sp³-hybridized carbons (Fsp3) is 0.0909. The number of benzene rings is 2. The number of halogens is 1. The van der Waals surface area contributed by atoms with Crippen molar-refractivity contribution in [3.63, 3.8) is 0 Å². The number of carbonyl (C=O) groups is 1. The second-order valence-electron chi connectivity index (χ2n) is 6.18. The number of aliphatic imine (C=N–C) groups is 1. The van der Waals surface area contributed by atoms with Gasteiger partial charge in [-0.25, -0.2) is 4.99 Å². The van der Waals surface area contributed by atoms with Crippen LogP contribution in [0.1, 0.15) is 18.2 Å². The second-order valence-corrected chi connectivity index (χ2v) is 7.64. The van der Waals surface area contributed by atoms with Gasteiger partial charge in [0, 0.05) is 16.7 Å². The quantitative estimate of drug-likeness (QED) is 0.534. The van der Waals surface area contributed by atoms with Gasteiger partial charge in [-0.05, 0) is 54.1 Å². The molecule has 1 N–H and O–H groups in total. The van der Waals surface area contributed by atoms with Gasteiger partial charge in [-0.1, -0.05) is 48.9 Å². The van der Waals surface area contributed by atoms with Crippen molar-refractivity contribution >= 4 is 46.2 Å². The molecule has 1 fully saturated rings. The Kier molecular flexibility index (Phi) is 5.37. The van der Waals surface area contributed by atoms with Crippen LogP contribution in [0.5, 0.6) is 0 Å². The normalized spacial score (nSPS) is 16.7. The van der Waals surface area contributed by atoms with Crippen molar-refractivity contribution < 1.29 is 9.21 Å². The highest BCUT2D eigenvalue weighted by Crippen LogP contribution is 2.31. The first-order valence-electron chi connectivity index (χ1n) is 8.85. The van der Waals surface area contributed by atoms with Crippen molar-refractivity contribution in [2.75, 3.05) is 0 Å². The van der Waals surface area contributed by atoms with E-state index in [0.29, 0.717) is 26.6 Å². The number of nitrogens with zero attached hydrogens (tertiary/aromatic N) is 1. The van der Waals surface area contributed by atoms with Crippen LogP contribution < -0.4 is 5.32 Å². The lowest BCUT2D eigenvalue weighted by Crippen LogP contribution is -2.19. The van der Waals surface area contributed by atoms with E-state index in [1.54, 1.807) is 6.08 Å². The Morgan fingerprint density at radius 1 is 1.14 bits per heavy atom. The van der Waals surface area contributed by atoms with E-state index in [4.69, 9.17) is 16.0 Å². The molecule has 1 saturated heterocycles. The van der Waals surface area contributed by atoms with Gasteiger partial charge in [0.2, 0.25) is 0 Å². The first-order chi connectivity index (χ1) is 13.6. The van der Waals surface area contributed by atoms with E-state index in [2.05, 4.69) is 17.2 Å². The topological polar surface area (TPSA) is 54.6 Å². The number of amidine groups is 1. The SMILES string of the molecule is CCc1ccccc1N=C1NC(=O)/C(=C\c2ccc(-c3cccc(Cl)c3)o2)S1. The van der Waals surface area contributed by atoms with Gasteiger partial charge in [-0.2, -0.15) is 0 Å². The summed E-state index contributed by atoms with van der Waals surface area (Å²) in [6.07, 6.45) is 2.61. The van der Waals surface area contributed by atoms with Crippen LogP contribution in [0, 0.1) is 0 Å². The van der Waals surface area contributed by atoms with E-state index in [9.17, 15) is 4.79 Å². The number of nitrogens with one attached hydrogen (secondary N) is 1. The van der Waals surface area contributed by atoms with Gasteiger partial charge in [0.1, 0.15) is 11.5 Å². The standard InChI is InChI=1S/C22H17ClN2O2S/c1-2-14-6-3-4-9-18(14)24-22-25-21(26)20(28-22)13-17-10-11-19(27-17)15-7-5-8-16(23)12-15/h3-13H,2H2,1H3,(H,24,25,26)/b20-13+. The van der Waals surface area contributed by atoms with Crippen LogP contribution in [-0.2, 0) is 11.2 Å². The third kappa shape index (κ3) is 4.06. The maximum absolute atomic E-state index is 12.3. The number of furan rings is 1. The molecule has 4 rings (SSSR count). The molecule has 0 bridgehead atoms. The number of aryl methyl sites for hydroxylation is 1. The van der Waals surface area contributed by atoms with Gasteiger partial charge in [-0.15, -0.1) is 0 Å². The molecule has 0 aliphatic carbocycles. The molecule has 3 aromatic rings. The number of rotatable bonds is 4. The highest BCUT2D eigenvalue weighted by atomic mass is 35.5. The number of hydrogen-bond acceptors (Lipinski definition) is 4. The van der Waals surface area contributed by atoms with Crippen LogP contribution in [-0.4, -0.2) is 11.1 Å². The minimum absolute atomic E-state index is 0.182. The Hall–Kier alpha value is -2.76. The van der Waals surface area contributed by atoms with E-state index in [1.165, 1.54) is 11.8 Å². The first kappa shape index (κ1) is 18.6. The molecule has 0 unspecified atom stereocenters. The predicted octanol–water partition coefficient (Wildman–Crippen LogP) is 6.05. The Morgan fingerprint density at radius 3 is 2.82 bits per heavy atom. The summed E-state index contributed by atoms with van der Waals surface area (Å²) in [4.78, 5) is 17.5. The molecule has 2 aromatic carbocycles. The molecular weight excluding hydrogens is 392 g/mol. The van der Waals surface area contributed by atoms with Gasteiger partial charge in [0.15, 0.2) is 5.17 Å². The van der Waals surface area contributed by atoms with Crippen molar-refractivity contribution in [3.05, 3.63) is 81.9 Å². The fourth-order valence-corrected chi connectivity index (χ4v) is 3.87. The molecule has 1 aliphatic heterocycles. The van der Waals surface area contributed by atoms with Gasteiger partial charge in [0.25, 0.3) is 5.91 Å². The van der Waals surface area contributed by atoms with Crippen molar-refractivity contribution in [1.82, 2.24) is 5.32 Å². The molecule has 28 heavy (non-hydrogen) atoms. The van der Waals surface area contributed by atoms with Crippen LogP contribution in [0.4, 0.5) is 5.69 Å². The molecule has 0 atom stereocenters. The second kappa shape index (κ2) is 8.09. The number of carbonyl (C=O) groups excluding carboxylic acids is 1. The first-order valence-corrected chi connectivity index (χ1v) is 10.0. The Bertz CT molecular complexity index is 1100. The molecule has 1 aliphatic rings. The summed E-state index contributed by atoms with van der Waals surface area (Å²) in [6, 6.07) is 19.1. The predicted molar refractivity (Wildman–Crippen MR) is 116 cm³/mol. The zero-order valence-electron chi connectivity index (χ0n) is 15.1. The van der Waals surface area contributed by atoms with Crippen molar-refractivity contribution in [2.24, 2.45) is 4.99 Å². The third-order valence-corrected chi connectivity index (χ3v) is 5.40. The van der Waals surface area contributed by atoms with E-state index in [0.717, 1.165) is 23.2 Å². The summed E-state index contributed by atoms with van der Waals surface area (Å²) in [5.41, 5.74) is 2.90. The number of para-hydroxylation sites is 1. The Balaban J connectivity index is 1.56. The number of thioether (sulfide) groups is 1. The molecule has 4 nitrogen and oxygen atoms in total. The molecule has 0 spiro atoms. The van der Waals surface area contributed by atoms with Crippen LogP contribution in [0.3, 0.4) is 0 Å². The third-order valence-electron chi connectivity index (χ3n) is 4.25. The molecule has 1 aromatic heterocycles. The summed E-state index contributed by atoms with van der Waals surface area (Å²) in [6.45, 7) is 2.08. The minimum Gasteiger partial charge on any atom is -0.457 e. The van der Waals surface area contributed by atoms with Gasteiger partial charge >= 0.3 is 0 Å². The maximum Gasteiger partial charge on any atom is 0.264 e. The van der Waals surface area contributed by atoms with Gasteiger partial charge in [-0.3, -0.25) is 4.79 Å². The highest BCUT2D eigenvalue weighted by Gasteiger charge is 2.24. The van der Waals surface area contributed by atoms with Gasteiger partial charge in [0.05, 0.1) is 10.6 Å². The largest absolute Gasteiger partial charge is 0.457 e. The van der Waals surface area contributed by atoms with Crippen LogP contribution in [0.25, 0.3) is 17.4 Å². The molecular formula is C22H17ClN2O2S. The van der Waals surface area contributed by atoms with Crippen molar-refractivity contribution in [1.29, 1.82) is 0 Å². The summed E-state index contributed by atoms with van der Waals surface area (Å²) in [5.74, 6) is 1.12. The zero-order chi connectivity index (χ0) is 19.5. The monoisotopic (exact) mass is 408 g/mol. The molecule has 0 saturated carbocycles. The Morgan fingerprint density at radius 2 is 2.00 bits per heavy atom. The highest BCUT2D eigenvalue weighted by molar-refractivity contribution is 8.18. The summed E-state index contributed by atoms with van der Waals surface area (Å²) >= 11 is 7.34. The smallest absolute Gasteiger partial charge is 0.264 e. The average molecular weight is 409 g/mol. The summed E-state index contributed by atoms with van der Waals surface area (Å²) < 4.78 is 5.86. The molecule has 2 heterocycles. The van der Waals surface area contributed by atoms with Crippen LogP contribution in [0.15, 0.2) is 75.0 Å². The van der Waals surface area contributed by atoms with E-state index in [1.807, 2.05) is 60.7 Å². The lowest BCUT2D eigenvalue weighted by molar-refractivity contribution is -0.115. The lowest BCUT2D eigenvalue weighted by atomic mass is 10.1. The average Bonchev–Trinajstić information content (AvgIpc) is 3.29. The molecule has 0 radical (unpaired) electrons. The summed E-state index contributed by atoms with van der Waals surface area (Å²) in [5, 5.41) is 4.03. The maximum atomic E-state index is 12.3. The van der Waals surface area contributed by atoms with Crippen LogP contribution in [0.2, 0.25) is 5.02 Å². The number of hydrogen-bond donors (Lipinski definition) is 1. The van der Waals surface area contributed by atoms with E-state index >= 15 is 0 Å². The fourth-order valence-electron chi connectivity index (χ4n) is 2.87. The van der Waals surface area contributed by atoms with E-state index < -0.39 is 0 Å².